The molecule has 5 heteroatoms. The lowest BCUT2D eigenvalue weighted by molar-refractivity contribution is 0.467. The summed E-state index contributed by atoms with van der Waals surface area (Å²) in [5.74, 6) is 5.40. The summed E-state index contributed by atoms with van der Waals surface area (Å²) in [6, 6.07) is 9.47. The second-order valence-electron chi connectivity index (χ2n) is 4.78. The number of rotatable bonds is 7. The summed E-state index contributed by atoms with van der Waals surface area (Å²) in [6.45, 7) is 0. The van der Waals surface area contributed by atoms with Gasteiger partial charge in [0.25, 0.3) is 0 Å². The zero-order valence-electron chi connectivity index (χ0n) is 11.1. The molecule has 0 aliphatic heterocycles. The van der Waals surface area contributed by atoms with Gasteiger partial charge in [-0.25, -0.2) is 4.39 Å². The molecule has 2 nitrogen and oxygen atoms in total. The van der Waals surface area contributed by atoms with E-state index in [1.54, 1.807) is 11.3 Å². The number of benzene rings is 1. The molecule has 1 aromatic heterocycles. The van der Waals surface area contributed by atoms with E-state index in [0.29, 0.717) is 12.0 Å². The maximum absolute atomic E-state index is 13.8. The van der Waals surface area contributed by atoms with Crippen LogP contribution in [0.3, 0.4) is 0 Å². The summed E-state index contributed by atoms with van der Waals surface area (Å²) < 4.78 is 14.6. The van der Waals surface area contributed by atoms with Crippen molar-refractivity contribution in [2.45, 2.75) is 31.7 Å². The van der Waals surface area contributed by atoms with E-state index in [1.807, 2.05) is 12.1 Å². The highest BCUT2D eigenvalue weighted by molar-refractivity contribution is 9.10. The molecule has 0 amide bonds. The average molecular weight is 357 g/mol. The van der Waals surface area contributed by atoms with Crippen LogP contribution in [0.5, 0.6) is 0 Å². The van der Waals surface area contributed by atoms with Gasteiger partial charge in [0.2, 0.25) is 0 Å². The third-order valence-electron chi connectivity index (χ3n) is 3.27. The van der Waals surface area contributed by atoms with Gasteiger partial charge in [0.1, 0.15) is 5.82 Å². The predicted molar refractivity (Wildman–Crippen MR) is 86.2 cm³/mol. The summed E-state index contributed by atoms with van der Waals surface area (Å²) in [5, 5.41) is 2.09. The van der Waals surface area contributed by atoms with Crippen LogP contribution in [0.25, 0.3) is 0 Å². The van der Waals surface area contributed by atoms with Gasteiger partial charge in [-0.2, -0.15) is 0 Å². The standard InChI is InChI=1S/C15H18BrFN2S/c16-12-7-6-11(15(17)10-12)9-13(19-18)3-1-4-14-5-2-8-20-14/h2,5-8,10,13,19H,1,3-4,9,18H2. The lowest BCUT2D eigenvalue weighted by Gasteiger charge is -2.16. The SMILES string of the molecule is NNC(CCCc1cccs1)Cc1ccc(Br)cc1F. The molecule has 0 radical (unpaired) electrons. The van der Waals surface area contributed by atoms with Crippen LogP contribution in [-0.2, 0) is 12.8 Å². The number of hydrazine groups is 1. The van der Waals surface area contributed by atoms with Crippen LogP contribution in [0, 0.1) is 5.82 Å². The second-order valence-corrected chi connectivity index (χ2v) is 6.72. The molecule has 0 fully saturated rings. The van der Waals surface area contributed by atoms with Crippen molar-refractivity contribution in [3.8, 4) is 0 Å². The van der Waals surface area contributed by atoms with Gasteiger partial charge in [0, 0.05) is 15.4 Å². The van der Waals surface area contributed by atoms with Crippen molar-refractivity contribution in [1.82, 2.24) is 5.43 Å². The lowest BCUT2D eigenvalue weighted by atomic mass is 10.0. The Hall–Kier alpha value is -0.750. The molecule has 1 heterocycles. The normalized spacial score (nSPS) is 12.6. The molecule has 0 saturated carbocycles. The highest BCUT2D eigenvalue weighted by Crippen LogP contribution is 2.18. The van der Waals surface area contributed by atoms with Crippen LogP contribution < -0.4 is 11.3 Å². The van der Waals surface area contributed by atoms with E-state index in [9.17, 15) is 4.39 Å². The van der Waals surface area contributed by atoms with E-state index in [-0.39, 0.29) is 11.9 Å². The maximum atomic E-state index is 13.8. The van der Waals surface area contributed by atoms with E-state index in [4.69, 9.17) is 5.84 Å². The molecular formula is C15H18BrFN2S. The van der Waals surface area contributed by atoms with E-state index in [2.05, 4.69) is 38.9 Å². The van der Waals surface area contributed by atoms with Crippen molar-refractivity contribution in [2.75, 3.05) is 0 Å². The van der Waals surface area contributed by atoms with E-state index in [1.165, 1.54) is 10.9 Å². The Morgan fingerprint density at radius 3 is 2.85 bits per heavy atom. The molecule has 3 N–H and O–H groups in total. The van der Waals surface area contributed by atoms with Gasteiger partial charge in [-0.05, 0) is 54.8 Å². The molecule has 0 saturated heterocycles. The highest BCUT2D eigenvalue weighted by atomic mass is 79.9. The molecular weight excluding hydrogens is 339 g/mol. The van der Waals surface area contributed by atoms with Crippen LogP contribution in [0.15, 0.2) is 40.2 Å². The number of hydrogen-bond donors (Lipinski definition) is 2. The van der Waals surface area contributed by atoms with Gasteiger partial charge in [-0.15, -0.1) is 11.3 Å². The Balaban J connectivity index is 1.85. The fourth-order valence-electron chi connectivity index (χ4n) is 2.17. The molecule has 2 rings (SSSR count). The summed E-state index contributed by atoms with van der Waals surface area (Å²) in [7, 11) is 0. The number of hydrogen-bond acceptors (Lipinski definition) is 3. The number of aryl methyl sites for hydroxylation is 1. The summed E-state index contributed by atoms with van der Waals surface area (Å²) in [6.07, 6.45) is 3.65. The van der Waals surface area contributed by atoms with Crippen molar-refractivity contribution in [3.63, 3.8) is 0 Å². The first-order valence-corrected chi connectivity index (χ1v) is 8.28. The van der Waals surface area contributed by atoms with Gasteiger partial charge in [0.05, 0.1) is 0 Å². The fraction of sp³-hybridized carbons (Fsp3) is 0.333. The Labute approximate surface area is 131 Å². The maximum Gasteiger partial charge on any atom is 0.127 e. The zero-order chi connectivity index (χ0) is 14.4. The van der Waals surface area contributed by atoms with Crippen molar-refractivity contribution >= 4 is 27.3 Å². The first-order valence-electron chi connectivity index (χ1n) is 6.61. The van der Waals surface area contributed by atoms with E-state index in [0.717, 1.165) is 23.7 Å². The van der Waals surface area contributed by atoms with Crippen LogP contribution in [0.4, 0.5) is 4.39 Å². The number of halogens is 2. The smallest absolute Gasteiger partial charge is 0.127 e. The third-order valence-corrected chi connectivity index (χ3v) is 4.70. The number of nitrogens with one attached hydrogen (secondary N) is 1. The minimum atomic E-state index is -0.183. The van der Waals surface area contributed by atoms with Gasteiger partial charge >= 0.3 is 0 Å². The lowest BCUT2D eigenvalue weighted by Crippen LogP contribution is -2.37. The molecule has 0 aliphatic carbocycles. The topological polar surface area (TPSA) is 38.0 Å². The third kappa shape index (κ3) is 4.66. The largest absolute Gasteiger partial charge is 0.271 e. The fourth-order valence-corrected chi connectivity index (χ4v) is 3.26. The average Bonchev–Trinajstić information content (AvgIpc) is 2.93. The van der Waals surface area contributed by atoms with Crippen molar-refractivity contribution in [2.24, 2.45) is 5.84 Å². The van der Waals surface area contributed by atoms with Crippen LogP contribution in [-0.4, -0.2) is 6.04 Å². The summed E-state index contributed by atoms with van der Waals surface area (Å²) >= 11 is 5.04. The first-order chi connectivity index (χ1) is 9.69. The van der Waals surface area contributed by atoms with Gasteiger partial charge in [-0.1, -0.05) is 28.1 Å². The molecule has 1 atom stereocenters. The minimum absolute atomic E-state index is 0.102. The predicted octanol–water partition coefficient (Wildman–Crippen LogP) is 4.05. The van der Waals surface area contributed by atoms with Gasteiger partial charge < -0.3 is 0 Å². The zero-order valence-corrected chi connectivity index (χ0v) is 13.5. The molecule has 2 aromatic rings. The Morgan fingerprint density at radius 2 is 2.20 bits per heavy atom. The van der Waals surface area contributed by atoms with Crippen molar-refractivity contribution in [3.05, 3.63) is 56.4 Å². The van der Waals surface area contributed by atoms with Crippen LogP contribution in [0.2, 0.25) is 0 Å². The Bertz CT molecular complexity index is 531. The highest BCUT2D eigenvalue weighted by Gasteiger charge is 2.11. The van der Waals surface area contributed by atoms with Gasteiger partial charge in [-0.3, -0.25) is 11.3 Å². The molecule has 1 aromatic carbocycles. The van der Waals surface area contributed by atoms with Crippen molar-refractivity contribution in [1.29, 1.82) is 0 Å². The monoisotopic (exact) mass is 356 g/mol. The van der Waals surface area contributed by atoms with E-state index >= 15 is 0 Å². The Morgan fingerprint density at radius 1 is 1.35 bits per heavy atom. The van der Waals surface area contributed by atoms with Crippen molar-refractivity contribution < 1.29 is 4.39 Å². The Kier molecular flexibility index (Phi) is 6.16. The van der Waals surface area contributed by atoms with Gasteiger partial charge in [0.15, 0.2) is 0 Å². The molecule has 108 valence electrons. The van der Waals surface area contributed by atoms with E-state index < -0.39 is 0 Å². The molecule has 20 heavy (non-hydrogen) atoms. The number of thiophene rings is 1. The first kappa shape index (κ1) is 15.6. The number of nitrogens with two attached hydrogens (primary N) is 1. The molecule has 0 spiro atoms. The molecule has 0 bridgehead atoms. The van der Waals surface area contributed by atoms with Crippen LogP contribution in [0.1, 0.15) is 23.3 Å². The minimum Gasteiger partial charge on any atom is -0.271 e. The van der Waals surface area contributed by atoms with Crippen LogP contribution >= 0.6 is 27.3 Å². The second kappa shape index (κ2) is 7.88. The molecule has 0 aliphatic rings. The summed E-state index contributed by atoms with van der Waals surface area (Å²) in [4.78, 5) is 1.38. The summed E-state index contributed by atoms with van der Waals surface area (Å²) in [5.41, 5.74) is 3.50. The quantitative estimate of drug-likeness (QED) is 0.580. The molecule has 1 unspecified atom stereocenters.